The van der Waals surface area contributed by atoms with Crippen LogP contribution in [0.2, 0.25) is 5.02 Å². The molecular formula is C59H83Br2ClN8O16. The number of esters is 1. The SMILES string of the molecule is COc1cc(NC(=O)O[C@H]2CC(=O)N(C)c3cc(cc(OC)c3Cl)C/C(C)=C/C=C/[C@@H](OC)[C@@]3(O)C[C@H](OC(=O)N3)[C@@H](C)[C@@H]3O[C@@]23C)ccc1NC(=O)[C@H](CCCNC(N)=O)NC(=O)[C@@H](NC(=O)CCCCC(C)(C)OC(=O)C(CBr)CBr)C(C)C. The summed E-state index contributed by atoms with van der Waals surface area (Å²) in [6.07, 6.45) is 0.928. The van der Waals surface area contributed by atoms with E-state index in [1.165, 1.54) is 51.5 Å². The van der Waals surface area contributed by atoms with E-state index in [2.05, 4.69) is 63.8 Å². The monoisotopic (exact) mass is 1350 g/mol. The number of carbonyl (C=O) groups is 8. The third-order valence-electron chi connectivity index (χ3n) is 15.3. The van der Waals surface area contributed by atoms with Crippen LogP contribution in [0, 0.1) is 17.8 Å². The molecule has 476 valence electrons. The molecule has 8 amide bonds. The van der Waals surface area contributed by atoms with Gasteiger partial charge in [0.15, 0.2) is 5.72 Å². The number of hydrogen-bond donors (Lipinski definition) is 8. The van der Waals surface area contributed by atoms with Gasteiger partial charge in [-0.25, -0.2) is 14.4 Å². The summed E-state index contributed by atoms with van der Waals surface area (Å²) >= 11 is 13.5. The van der Waals surface area contributed by atoms with Gasteiger partial charge in [0.1, 0.15) is 58.1 Å². The number of anilines is 3. The van der Waals surface area contributed by atoms with Crippen LogP contribution in [0.15, 0.2) is 54.1 Å². The Balaban J connectivity index is 1.34. The summed E-state index contributed by atoms with van der Waals surface area (Å²) in [6, 6.07) is 4.80. The zero-order chi connectivity index (χ0) is 63.8. The van der Waals surface area contributed by atoms with Gasteiger partial charge >= 0.3 is 24.2 Å². The van der Waals surface area contributed by atoms with Crippen molar-refractivity contribution in [2.75, 3.05) is 61.1 Å². The van der Waals surface area contributed by atoms with Crippen LogP contribution in [-0.2, 0) is 54.1 Å². The number of hydrogen-bond acceptors (Lipinski definition) is 16. The van der Waals surface area contributed by atoms with Gasteiger partial charge in [0.2, 0.25) is 23.6 Å². The number of allylic oxidation sites excluding steroid dienone is 3. The molecule has 3 aliphatic heterocycles. The fourth-order valence-corrected chi connectivity index (χ4v) is 12.1. The number of alkyl halides is 2. The molecule has 5 rings (SSSR count). The second-order valence-electron chi connectivity index (χ2n) is 22.9. The molecule has 0 spiro atoms. The molecule has 9 N–H and O–H groups in total. The lowest BCUT2D eigenvalue weighted by Gasteiger charge is -2.42. The Morgan fingerprint density at radius 3 is 2.31 bits per heavy atom. The Hall–Kier alpha value is -6.19. The molecule has 2 aromatic carbocycles. The largest absolute Gasteiger partial charge is 0.495 e. The number of fused-ring (bicyclic) bond motifs is 5. The molecule has 3 aliphatic rings. The predicted molar refractivity (Wildman–Crippen MR) is 330 cm³/mol. The minimum absolute atomic E-state index is 0.0283. The first-order valence-electron chi connectivity index (χ1n) is 28.3. The van der Waals surface area contributed by atoms with Gasteiger partial charge in [-0.15, -0.1) is 0 Å². The number of carbonyl (C=O) groups excluding carboxylic acids is 8. The summed E-state index contributed by atoms with van der Waals surface area (Å²) in [5.41, 5.74) is 3.47. The van der Waals surface area contributed by atoms with Crippen molar-refractivity contribution in [2.45, 2.75) is 160 Å². The molecule has 0 radical (unpaired) electrons. The minimum atomic E-state index is -1.91. The molecule has 3 heterocycles. The number of urea groups is 1. The number of epoxide rings is 1. The van der Waals surface area contributed by atoms with Crippen molar-refractivity contribution < 1.29 is 76.6 Å². The van der Waals surface area contributed by atoms with Gasteiger partial charge < -0.3 is 70.2 Å². The quantitative estimate of drug-likeness (QED) is 0.0164. The van der Waals surface area contributed by atoms with E-state index in [0.717, 1.165) is 11.1 Å². The summed E-state index contributed by atoms with van der Waals surface area (Å²) < 4.78 is 40.8. The van der Waals surface area contributed by atoms with Crippen LogP contribution in [-0.4, -0.2) is 152 Å². The Morgan fingerprint density at radius 1 is 0.977 bits per heavy atom. The molecule has 2 fully saturated rings. The highest BCUT2D eigenvalue weighted by Gasteiger charge is 2.64. The van der Waals surface area contributed by atoms with Crippen LogP contribution in [0.25, 0.3) is 0 Å². The first-order chi connectivity index (χ1) is 40.5. The predicted octanol–water partition coefficient (Wildman–Crippen LogP) is 7.68. The van der Waals surface area contributed by atoms with Crippen LogP contribution in [0.4, 0.5) is 31.4 Å². The Bertz CT molecular complexity index is 2840. The number of nitrogens with one attached hydrogen (secondary N) is 6. The van der Waals surface area contributed by atoms with Gasteiger partial charge in [-0.3, -0.25) is 34.6 Å². The van der Waals surface area contributed by atoms with Crippen LogP contribution in [0.1, 0.15) is 105 Å². The molecule has 2 aromatic rings. The highest BCUT2D eigenvalue weighted by molar-refractivity contribution is 9.09. The normalized spacial score (nSPS) is 24.0. The number of aliphatic hydroxyl groups is 1. The third-order valence-corrected chi connectivity index (χ3v) is 17.2. The standard InChI is InChI=1S/C59H83Br2ClN8O16/c1-32(2)49(68-46(71)19-12-13-22-57(5,6)86-53(75)36(30-60)31-61)52(74)67-39(17-15-23-64-54(63)76)51(73)66-38-21-20-37(27-41(38)80-9)65-55(77)84-45-28-47(72)70(8)40-25-35(26-42(81-10)48(40)62)24-33(3)16-14-18-44(82-11)59(79)29-43(83-56(78)69-59)34(4)50-58(45,7)85-50/h14,16,18,20-21,25-27,32,34,36,39,43-45,49-50,79H,12-13,15,17,19,22-24,28-31H2,1-11H3,(H,65,77)(H,66,73)(H,67,74)(H,68,71)(H,69,78)(H3,63,64,76)/b18-14+,33-16+/t34-,39+,43+,44-,45+,49+,50+,58+,59+/m1/s1. The molecule has 2 saturated heterocycles. The van der Waals surface area contributed by atoms with Gasteiger partial charge in [-0.1, -0.05) is 88.0 Å². The number of amides is 8. The van der Waals surface area contributed by atoms with Crippen molar-refractivity contribution in [1.82, 2.24) is 21.3 Å². The fraction of sp³-hybridized carbons (Fsp3) is 0.593. The van der Waals surface area contributed by atoms with E-state index >= 15 is 0 Å². The van der Waals surface area contributed by atoms with Crippen molar-refractivity contribution in [3.63, 3.8) is 0 Å². The molecule has 9 atom stereocenters. The maximum Gasteiger partial charge on any atom is 0.412 e. The number of nitrogens with two attached hydrogens (primary N) is 1. The molecule has 24 nitrogen and oxygen atoms in total. The van der Waals surface area contributed by atoms with Crippen LogP contribution in [0.5, 0.6) is 11.5 Å². The summed E-state index contributed by atoms with van der Waals surface area (Å²) in [7, 11) is 5.72. The third kappa shape index (κ3) is 19.4. The molecular weight excluding hydrogens is 1270 g/mol. The Morgan fingerprint density at radius 2 is 1.67 bits per heavy atom. The van der Waals surface area contributed by atoms with Crippen molar-refractivity contribution in [3.05, 3.63) is 64.7 Å². The topological polar surface area (TPSA) is 326 Å². The zero-order valence-electron chi connectivity index (χ0n) is 50.5. The van der Waals surface area contributed by atoms with E-state index in [4.69, 9.17) is 50.5 Å². The van der Waals surface area contributed by atoms with Gasteiger partial charge in [-0.2, -0.15) is 0 Å². The van der Waals surface area contributed by atoms with E-state index in [-0.39, 0.29) is 72.2 Å². The summed E-state index contributed by atoms with van der Waals surface area (Å²) in [5, 5.41) is 29.0. The van der Waals surface area contributed by atoms with Crippen LogP contribution < -0.4 is 52.0 Å². The Kier molecular flexibility index (Phi) is 26.0. The van der Waals surface area contributed by atoms with Crippen LogP contribution in [0.3, 0.4) is 0 Å². The number of primary amides is 1. The number of alkyl carbamates (subject to hydrolysis) is 1. The molecule has 0 saturated carbocycles. The number of halogens is 3. The number of methoxy groups -OCH3 is 3. The van der Waals surface area contributed by atoms with Crippen molar-refractivity contribution in [3.8, 4) is 11.5 Å². The van der Waals surface area contributed by atoms with E-state index in [0.29, 0.717) is 47.8 Å². The first kappa shape index (κ1) is 70.6. The molecule has 0 aliphatic carbocycles. The Labute approximate surface area is 524 Å². The second kappa shape index (κ2) is 31.6. The van der Waals surface area contributed by atoms with E-state index in [9.17, 15) is 43.5 Å². The summed E-state index contributed by atoms with van der Waals surface area (Å²) in [5.74, 6) is -3.54. The zero-order valence-corrected chi connectivity index (χ0v) is 54.5. The summed E-state index contributed by atoms with van der Waals surface area (Å²) in [6.45, 7) is 12.5. The molecule has 0 unspecified atom stereocenters. The van der Waals surface area contributed by atoms with Gasteiger partial charge in [0, 0.05) is 61.9 Å². The maximum atomic E-state index is 14.5. The lowest BCUT2D eigenvalue weighted by molar-refractivity contribution is -0.160. The van der Waals surface area contributed by atoms with Gasteiger partial charge in [0.05, 0.1) is 44.0 Å². The average molecular weight is 1360 g/mol. The maximum absolute atomic E-state index is 14.5. The number of rotatable bonds is 24. The highest BCUT2D eigenvalue weighted by Crippen LogP contribution is 2.49. The molecule has 4 bridgehead atoms. The number of unbranched alkanes of at least 4 members (excludes halogenated alkanes) is 1. The molecule has 27 heteroatoms. The lowest BCUT2D eigenvalue weighted by atomic mass is 9.83. The minimum Gasteiger partial charge on any atom is -0.495 e. The van der Waals surface area contributed by atoms with Crippen molar-refractivity contribution in [2.24, 2.45) is 23.5 Å². The van der Waals surface area contributed by atoms with Crippen LogP contribution >= 0.6 is 43.5 Å². The smallest absolute Gasteiger partial charge is 0.412 e. The number of ether oxygens (including phenoxy) is 7. The highest BCUT2D eigenvalue weighted by atomic mass is 79.9. The van der Waals surface area contributed by atoms with Crippen molar-refractivity contribution >= 4 is 108 Å². The molecule has 0 aromatic heterocycles. The van der Waals surface area contributed by atoms with E-state index in [1.807, 2.05) is 26.8 Å². The first-order valence-corrected chi connectivity index (χ1v) is 31.0. The fourth-order valence-electron chi connectivity index (χ4n) is 10.2. The van der Waals surface area contributed by atoms with E-state index < -0.39 is 108 Å². The summed E-state index contributed by atoms with van der Waals surface area (Å²) in [4.78, 5) is 108. The lowest BCUT2D eigenvalue weighted by Crippen LogP contribution is -2.63. The van der Waals surface area contributed by atoms with Gasteiger partial charge in [0.25, 0.3) is 0 Å². The number of nitrogens with zero attached hydrogens (tertiary/aromatic N) is 1. The van der Waals surface area contributed by atoms with Crippen molar-refractivity contribution in [1.29, 1.82) is 0 Å². The second-order valence-corrected chi connectivity index (χ2v) is 24.6. The van der Waals surface area contributed by atoms with Gasteiger partial charge in [-0.05, 0) is 102 Å². The van der Waals surface area contributed by atoms with E-state index in [1.54, 1.807) is 52.0 Å². The average Bonchev–Trinajstić information content (AvgIpc) is 3.35. The number of benzene rings is 2. The molecule has 86 heavy (non-hydrogen) atoms.